The number of ether oxygens (including phenoxy) is 1. The fourth-order valence-corrected chi connectivity index (χ4v) is 1.90. The summed E-state index contributed by atoms with van der Waals surface area (Å²) in [5, 5.41) is 9.05. The fraction of sp³-hybridized carbons (Fsp3) is 0.385. The lowest BCUT2D eigenvalue weighted by atomic mass is 9.92. The molecule has 0 fully saturated rings. The zero-order chi connectivity index (χ0) is 12.8. The zero-order valence-corrected chi connectivity index (χ0v) is 10.1. The van der Waals surface area contributed by atoms with Crippen molar-refractivity contribution in [2.45, 2.75) is 26.3 Å². The normalized spacial score (nSPS) is 9.76. The first-order valence-corrected chi connectivity index (χ1v) is 5.48. The van der Waals surface area contributed by atoms with Crippen LogP contribution in [-0.2, 0) is 28.9 Å². The molecule has 1 rings (SSSR count). The summed E-state index contributed by atoms with van der Waals surface area (Å²) in [5.41, 5.74) is 8.87. The van der Waals surface area contributed by atoms with Crippen LogP contribution in [0, 0.1) is 11.3 Å². The van der Waals surface area contributed by atoms with Gasteiger partial charge in [0.25, 0.3) is 0 Å². The predicted octanol–water partition coefficient (Wildman–Crippen LogP) is 1.29. The molecular formula is C13H16N2O2. The van der Waals surface area contributed by atoms with E-state index >= 15 is 0 Å². The summed E-state index contributed by atoms with van der Waals surface area (Å²) in [6.45, 7) is 2.39. The predicted molar refractivity (Wildman–Crippen MR) is 64.1 cm³/mol. The lowest BCUT2D eigenvalue weighted by molar-refractivity contribution is -0.139. The Balaban J connectivity index is 3.31. The molecule has 1 aromatic rings. The maximum absolute atomic E-state index is 11.4. The van der Waals surface area contributed by atoms with Gasteiger partial charge < -0.3 is 10.5 Å². The Kier molecular flexibility index (Phi) is 4.68. The highest BCUT2D eigenvalue weighted by Gasteiger charge is 2.14. The van der Waals surface area contributed by atoms with Gasteiger partial charge >= 0.3 is 5.97 Å². The van der Waals surface area contributed by atoms with Crippen molar-refractivity contribution in [3.63, 3.8) is 0 Å². The SMILES string of the molecule is CCc1c(CN)ccc(C#N)c1CC(=O)OC. The van der Waals surface area contributed by atoms with Crippen molar-refractivity contribution in [3.8, 4) is 6.07 Å². The number of nitriles is 1. The molecule has 17 heavy (non-hydrogen) atoms. The van der Waals surface area contributed by atoms with E-state index in [0.29, 0.717) is 12.1 Å². The Bertz CT molecular complexity index is 461. The number of benzene rings is 1. The van der Waals surface area contributed by atoms with Gasteiger partial charge in [0.2, 0.25) is 0 Å². The summed E-state index contributed by atoms with van der Waals surface area (Å²) in [5.74, 6) is -0.342. The first-order chi connectivity index (χ1) is 8.17. The number of carbonyl (C=O) groups is 1. The number of carbonyl (C=O) groups excluding carboxylic acids is 1. The molecule has 0 aromatic heterocycles. The topological polar surface area (TPSA) is 76.1 Å². The number of hydrogen-bond acceptors (Lipinski definition) is 4. The molecule has 0 aliphatic carbocycles. The number of esters is 1. The van der Waals surface area contributed by atoms with Crippen molar-refractivity contribution in [3.05, 3.63) is 34.4 Å². The quantitative estimate of drug-likeness (QED) is 0.794. The van der Waals surface area contributed by atoms with Gasteiger partial charge in [-0.25, -0.2) is 0 Å². The summed E-state index contributed by atoms with van der Waals surface area (Å²) < 4.78 is 4.65. The van der Waals surface area contributed by atoms with E-state index in [1.807, 2.05) is 13.0 Å². The van der Waals surface area contributed by atoms with Crippen LogP contribution in [0.2, 0.25) is 0 Å². The number of nitrogens with zero attached hydrogens (tertiary/aromatic N) is 1. The first kappa shape index (κ1) is 13.2. The van der Waals surface area contributed by atoms with Crippen molar-refractivity contribution in [2.24, 2.45) is 5.73 Å². The van der Waals surface area contributed by atoms with Gasteiger partial charge in [-0.15, -0.1) is 0 Å². The van der Waals surface area contributed by atoms with E-state index in [0.717, 1.165) is 23.1 Å². The van der Waals surface area contributed by atoms with Crippen LogP contribution in [0.3, 0.4) is 0 Å². The summed E-state index contributed by atoms with van der Waals surface area (Å²) in [4.78, 5) is 11.4. The second kappa shape index (κ2) is 6.02. The Hall–Kier alpha value is -1.86. The van der Waals surface area contributed by atoms with Crippen LogP contribution < -0.4 is 5.73 Å². The Morgan fingerprint density at radius 3 is 2.65 bits per heavy atom. The van der Waals surface area contributed by atoms with Gasteiger partial charge in [-0.2, -0.15) is 5.26 Å². The molecule has 4 nitrogen and oxygen atoms in total. The molecule has 0 bridgehead atoms. The first-order valence-electron chi connectivity index (χ1n) is 5.48. The molecule has 0 aliphatic heterocycles. The average molecular weight is 232 g/mol. The number of nitrogens with two attached hydrogens (primary N) is 1. The maximum atomic E-state index is 11.4. The molecule has 0 atom stereocenters. The van der Waals surface area contributed by atoms with Gasteiger partial charge in [0.05, 0.1) is 25.2 Å². The molecule has 0 unspecified atom stereocenters. The Morgan fingerprint density at radius 2 is 2.18 bits per heavy atom. The third-order valence-corrected chi connectivity index (χ3v) is 2.77. The van der Waals surface area contributed by atoms with Crippen molar-refractivity contribution >= 4 is 5.97 Å². The number of methoxy groups -OCH3 is 1. The lowest BCUT2D eigenvalue weighted by Crippen LogP contribution is -2.12. The van der Waals surface area contributed by atoms with Crippen molar-refractivity contribution in [2.75, 3.05) is 7.11 Å². The highest BCUT2D eigenvalue weighted by Crippen LogP contribution is 2.20. The zero-order valence-electron chi connectivity index (χ0n) is 10.1. The summed E-state index contributed by atoms with van der Waals surface area (Å²) in [6.07, 6.45) is 0.866. The maximum Gasteiger partial charge on any atom is 0.310 e. The van der Waals surface area contributed by atoms with Gasteiger partial charge in [-0.05, 0) is 29.2 Å². The standard InChI is InChI=1S/C13H16N2O2/c1-3-11-9(7-14)4-5-10(8-15)12(11)6-13(16)17-2/h4-5H,3,6-7,14H2,1-2H3. The molecule has 90 valence electrons. The van der Waals surface area contributed by atoms with E-state index < -0.39 is 0 Å². The summed E-state index contributed by atoms with van der Waals surface area (Å²) >= 11 is 0. The molecule has 0 heterocycles. The van der Waals surface area contributed by atoms with E-state index in [1.54, 1.807) is 6.07 Å². The van der Waals surface area contributed by atoms with Gasteiger partial charge in [-0.1, -0.05) is 13.0 Å². The smallest absolute Gasteiger partial charge is 0.310 e. The molecule has 4 heteroatoms. The second-order valence-corrected chi connectivity index (χ2v) is 3.65. The third-order valence-electron chi connectivity index (χ3n) is 2.77. The summed E-state index contributed by atoms with van der Waals surface area (Å²) in [6, 6.07) is 5.66. The molecule has 0 spiro atoms. The third kappa shape index (κ3) is 2.83. The molecule has 0 amide bonds. The van der Waals surface area contributed by atoms with Crippen LogP contribution in [0.5, 0.6) is 0 Å². The monoisotopic (exact) mass is 232 g/mol. The van der Waals surface area contributed by atoms with Crippen LogP contribution in [-0.4, -0.2) is 13.1 Å². The molecule has 0 saturated heterocycles. The fourth-order valence-electron chi connectivity index (χ4n) is 1.90. The van der Waals surface area contributed by atoms with Crippen LogP contribution in [0.25, 0.3) is 0 Å². The van der Waals surface area contributed by atoms with Crippen molar-refractivity contribution in [1.29, 1.82) is 5.26 Å². The molecule has 0 radical (unpaired) electrons. The number of hydrogen-bond donors (Lipinski definition) is 1. The Labute approximate surface area is 101 Å². The van der Waals surface area contributed by atoms with Gasteiger partial charge in [0.15, 0.2) is 0 Å². The largest absolute Gasteiger partial charge is 0.469 e. The van der Waals surface area contributed by atoms with Crippen LogP contribution in [0.4, 0.5) is 0 Å². The Morgan fingerprint density at radius 1 is 1.47 bits per heavy atom. The molecule has 1 aromatic carbocycles. The van der Waals surface area contributed by atoms with Crippen molar-refractivity contribution < 1.29 is 9.53 Å². The van der Waals surface area contributed by atoms with E-state index in [2.05, 4.69) is 10.8 Å². The highest BCUT2D eigenvalue weighted by atomic mass is 16.5. The second-order valence-electron chi connectivity index (χ2n) is 3.65. The molecular weight excluding hydrogens is 216 g/mol. The highest BCUT2D eigenvalue weighted by molar-refractivity contribution is 5.74. The van der Waals surface area contributed by atoms with Crippen LogP contribution in [0.1, 0.15) is 29.2 Å². The van der Waals surface area contributed by atoms with E-state index in [4.69, 9.17) is 11.0 Å². The van der Waals surface area contributed by atoms with Gasteiger partial charge in [0.1, 0.15) is 0 Å². The summed E-state index contributed by atoms with van der Waals surface area (Å²) in [7, 11) is 1.34. The molecule has 0 saturated carbocycles. The lowest BCUT2D eigenvalue weighted by Gasteiger charge is -2.13. The molecule has 0 aliphatic rings. The van der Waals surface area contributed by atoms with Crippen LogP contribution in [0.15, 0.2) is 12.1 Å². The van der Waals surface area contributed by atoms with Crippen molar-refractivity contribution in [1.82, 2.24) is 0 Å². The van der Waals surface area contributed by atoms with Gasteiger partial charge in [0, 0.05) is 6.54 Å². The number of rotatable bonds is 4. The molecule has 2 N–H and O–H groups in total. The minimum absolute atomic E-state index is 0.121. The van der Waals surface area contributed by atoms with E-state index in [1.165, 1.54) is 7.11 Å². The average Bonchev–Trinajstić information content (AvgIpc) is 2.37. The minimum atomic E-state index is -0.342. The minimum Gasteiger partial charge on any atom is -0.469 e. The van der Waals surface area contributed by atoms with Crippen LogP contribution >= 0.6 is 0 Å². The van der Waals surface area contributed by atoms with Gasteiger partial charge in [-0.3, -0.25) is 4.79 Å². The van der Waals surface area contributed by atoms with E-state index in [9.17, 15) is 4.79 Å². The van der Waals surface area contributed by atoms with E-state index in [-0.39, 0.29) is 12.4 Å².